The van der Waals surface area contributed by atoms with Crippen molar-refractivity contribution in [2.45, 2.75) is 45.6 Å². The van der Waals surface area contributed by atoms with Crippen molar-refractivity contribution < 1.29 is 19.6 Å². The van der Waals surface area contributed by atoms with Gasteiger partial charge < -0.3 is 10.2 Å². The zero-order valence-electron chi connectivity index (χ0n) is 18.2. The molecule has 31 heavy (non-hydrogen) atoms. The van der Waals surface area contributed by atoms with E-state index in [1.165, 1.54) is 11.1 Å². The van der Waals surface area contributed by atoms with E-state index in [0.717, 1.165) is 12.0 Å². The Balaban J connectivity index is 2.11. The number of pyridine rings is 1. The highest BCUT2D eigenvalue weighted by molar-refractivity contribution is 6.00. The number of urea groups is 1. The van der Waals surface area contributed by atoms with Crippen LogP contribution in [0.5, 0.6) is 0 Å². The number of nitrogens with zero attached hydrogens (tertiary/aromatic N) is 3. The van der Waals surface area contributed by atoms with Gasteiger partial charge in [-0.05, 0) is 30.0 Å². The molecule has 2 N–H and O–H groups in total. The van der Waals surface area contributed by atoms with Crippen molar-refractivity contribution in [3.63, 3.8) is 0 Å². The third-order valence-corrected chi connectivity index (χ3v) is 4.84. The number of hydroxylamine groups is 2. The number of hydrogen-bond acceptors (Lipinski definition) is 5. The van der Waals surface area contributed by atoms with Crippen molar-refractivity contribution in [3.05, 3.63) is 60.4 Å². The van der Waals surface area contributed by atoms with Crippen LogP contribution in [0.25, 0.3) is 0 Å². The van der Waals surface area contributed by atoms with E-state index in [2.05, 4.69) is 10.3 Å². The van der Waals surface area contributed by atoms with E-state index >= 15 is 0 Å². The molecule has 0 saturated carbocycles. The van der Waals surface area contributed by atoms with Crippen molar-refractivity contribution in [1.82, 2.24) is 15.4 Å². The fourth-order valence-electron chi connectivity index (χ4n) is 3.05. The van der Waals surface area contributed by atoms with Crippen LogP contribution in [0.4, 0.5) is 10.5 Å². The van der Waals surface area contributed by atoms with Gasteiger partial charge >= 0.3 is 6.03 Å². The Bertz CT molecular complexity index is 858. The molecule has 0 saturated heterocycles. The average molecular weight is 427 g/mol. The summed E-state index contributed by atoms with van der Waals surface area (Å²) in [6, 6.07) is 10.6. The number of benzene rings is 1. The molecule has 1 heterocycles. The van der Waals surface area contributed by atoms with Gasteiger partial charge in [-0.15, -0.1) is 5.06 Å². The quantitative estimate of drug-likeness (QED) is 0.472. The van der Waals surface area contributed by atoms with Crippen molar-refractivity contribution in [2.24, 2.45) is 5.92 Å². The van der Waals surface area contributed by atoms with Gasteiger partial charge in [-0.2, -0.15) is 0 Å². The lowest BCUT2D eigenvalue weighted by molar-refractivity contribution is -0.153. The summed E-state index contributed by atoms with van der Waals surface area (Å²) in [6.07, 6.45) is 4.76. The van der Waals surface area contributed by atoms with E-state index in [9.17, 15) is 19.6 Å². The lowest BCUT2D eigenvalue weighted by Gasteiger charge is -2.26. The third-order valence-electron chi connectivity index (χ3n) is 4.84. The van der Waals surface area contributed by atoms with Gasteiger partial charge in [0.2, 0.25) is 5.91 Å². The predicted octanol–water partition coefficient (Wildman–Crippen LogP) is 3.41. The number of amides is 4. The molecule has 1 atom stereocenters. The molecule has 0 spiro atoms. The molecule has 1 unspecified atom stereocenters. The monoisotopic (exact) mass is 426 g/mol. The molecule has 0 aliphatic carbocycles. The molecule has 1 aromatic heterocycles. The van der Waals surface area contributed by atoms with E-state index in [4.69, 9.17) is 0 Å². The largest absolute Gasteiger partial charge is 0.349 e. The van der Waals surface area contributed by atoms with E-state index in [1.54, 1.807) is 25.4 Å². The number of likely N-dealkylation sites (N-methyl/N-ethyl adjacent to an activating group) is 1. The van der Waals surface area contributed by atoms with Crippen LogP contribution in [-0.4, -0.2) is 46.2 Å². The minimum atomic E-state index is -1.02. The highest BCUT2D eigenvalue weighted by atomic mass is 16.5. The molecular formula is C23H30N4O4. The molecule has 0 bridgehead atoms. The molecule has 1 aromatic carbocycles. The van der Waals surface area contributed by atoms with Crippen molar-refractivity contribution >= 4 is 23.5 Å². The van der Waals surface area contributed by atoms with Gasteiger partial charge in [0, 0.05) is 26.1 Å². The SMILES string of the molecule is CC(C)CCCC(=O)N(O)C(=O)NC(Cc1ccccc1)C(=O)N(C)c1cccnc1. The van der Waals surface area contributed by atoms with Gasteiger partial charge in [0.05, 0.1) is 11.9 Å². The van der Waals surface area contributed by atoms with Gasteiger partial charge in [-0.1, -0.05) is 50.6 Å². The molecular weight excluding hydrogens is 396 g/mol. The van der Waals surface area contributed by atoms with Crippen LogP contribution < -0.4 is 10.2 Å². The lowest BCUT2D eigenvalue weighted by atomic mass is 10.0. The Hall–Kier alpha value is -3.26. The van der Waals surface area contributed by atoms with Gasteiger partial charge in [0.15, 0.2) is 0 Å². The van der Waals surface area contributed by atoms with Gasteiger partial charge in [0.25, 0.3) is 5.91 Å². The number of imide groups is 1. The number of aromatic nitrogens is 1. The topological polar surface area (TPSA) is 103 Å². The fraction of sp³-hybridized carbons (Fsp3) is 0.391. The van der Waals surface area contributed by atoms with Crippen LogP contribution in [0.3, 0.4) is 0 Å². The second kappa shape index (κ2) is 11.8. The predicted molar refractivity (Wildman–Crippen MR) is 117 cm³/mol. The van der Waals surface area contributed by atoms with E-state index in [0.29, 0.717) is 18.0 Å². The summed E-state index contributed by atoms with van der Waals surface area (Å²) in [7, 11) is 1.58. The number of anilines is 1. The summed E-state index contributed by atoms with van der Waals surface area (Å²) in [5.74, 6) is -0.680. The van der Waals surface area contributed by atoms with Gasteiger partial charge in [-0.3, -0.25) is 19.8 Å². The number of hydrogen-bond donors (Lipinski definition) is 2. The molecule has 8 heteroatoms. The number of carbonyl (C=O) groups is 3. The Morgan fingerprint density at radius 2 is 1.81 bits per heavy atom. The van der Waals surface area contributed by atoms with Crippen LogP contribution >= 0.6 is 0 Å². The summed E-state index contributed by atoms with van der Waals surface area (Å²) < 4.78 is 0. The molecule has 0 aliphatic heterocycles. The van der Waals surface area contributed by atoms with Gasteiger partial charge in [-0.25, -0.2) is 4.79 Å². The second-order valence-corrected chi connectivity index (χ2v) is 7.79. The first-order chi connectivity index (χ1) is 14.8. The highest BCUT2D eigenvalue weighted by Gasteiger charge is 2.29. The number of nitrogens with one attached hydrogen (secondary N) is 1. The maximum atomic E-state index is 13.1. The minimum Gasteiger partial charge on any atom is -0.324 e. The fourth-order valence-corrected chi connectivity index (χ4v) is 3.05. The highest BCUT2D eigenvalue weighted by Crippen LogP contribution is 2.14. The molecule has 0 fully saturated rings. The molecule has 2 aromatic rings. The molecule has 2 rings (SSSR count). The van der Waals surface area contributed by atoms with Gasteiger partial charge in [0.1, 0.15) is 6.04 Å². The Morgan fingerprint density at radius 1 is 1.10 bits per heavy atom. The Labute approximate surface area is 182 Å². The Morgan fingerprint density at radius 3 is 2.42 bits per heavy atom. The summed E-state index contributed by atoms with van der Waals surface area (Å²) in [6.45, 7) is 4.07. The van der Waals surface area contributed by atoms with Crippen LogP contribution in [-0.2, 0) is 16.0 Å². The van der Waals surface area contributed by atoms with Crippen molar-refractivity contribution in [3.8, 4) is 0 Å². The molecule has 4 amide bonds. The average Bonchev–Trinajstić information content (AvgIpc) is 2.78. The first-order valence-corrected chi connectivity index (χ1v) is 10.3. The third kappa shape index (κ3) is 7.49. The zero-order chi connectivity index (χ0) is 22.8. The van der Waals surface area contributed by atoms with E-state index < -0.39 is 23.9 Å². The van der Waals surface area contributed by atoms with Crippen LogP contribution in [0.1, 0.15) is 38.7 Å². The van der Waals surface area contributed by atoms with Crippen LogP contribution in [0.15, 0.2) is 54.9 Å². The van der Waals surface area contributed by atoms with Crippen molar-refractivity contribution in [2.75, 3.05) is 11.9 Å². The summed E-state index contributed by atoms with van der Waals surface area (Å²) in [5.41, 5.74) is 1.39. The van der Waals surface area contributed by atoms with Crippen molar-refractivity contribution in [1.29, 1.82) is 0 Å². The smallest absolute Gasteiger partial charge is 0.324 e. The zero-order valence-corrected chi connectivity index (χ0v) is 18.2. The first-order valence-electron chi connectivity index (χ1n) is 10.3. The summed E-state index contributed by atoms with van der Waals surface area (Å²) in [5, 5.41) is 12.6. The number of carbonyl (C=O) groups excluding carboxylic acids is 3. The lowest BCUT2D eigenvalue weighted by Crippen LogP contribution is -2.53. The maximum absolute atomic E-state index is 13.1. The maximum Gasteiger partial charge on any atom is 0.349 e. The molecule has 0 aliphatic rings. The molecule has 0 radical (unpaired) electrons. The van der Waals surface area contributed by atoms with E-state index in [1.807, 2.05) is 44.2 Å². The minimum absolute atomic E-state index is 0.0506. The first kappa shape index (κ1) is 24.0. The summed E-state index contributed by atoms with van der Waals surface area (Å²) in [4.78, 5) is 43.2. The number of rotatable bonds is 9. The Kier molecular flexibility index (Phi) is 9.14. The normalized spacial score (nSPS) is 11.6. The second-order valence-electron chi connectivity index (χ2n) is 7.79. The standard InChI is InChI=1S/C23H30N4O4/c1-17(2)9-7-13-21(28)27(31)23(30)25-20(15-18-10-5-4-6-11-18)22(29)26(3)19-12-8-14-24-16-19/h4-6,8,10-12,14,16-17,20,31H,7,9,13,15H2,1-3H3,(H,25,30). The molecule has 8 nitrogen and oxygen atoms in total. The van der Waals surface area contributed by atoms with Crippen LogP contribution in [0, 0.1) is 5.92 Å². The van der Waals surface area contributed by atoms with Crippen LogP contribution in [0.2, 0.25) is 0 Å². The summed E-state index contributed by atoms with van der Waals surface area (Å²) >= 11 is 0. The van der Waals surface area contributed by atoms with E-state index in [-0.39, 0.29) is 17.9 Å². The molecule has 166 valence electrons.